The van der Waals surface area contributed by atoms with Crippen LogP contribution in [0.3, 0.4) is 0 Å². The van der Waals surface area contributed by atoms with Crippen LogP contribution in [0.2, 0.25) is 0 Å². The lowest BCUT2D eigenvalue weighted by molar-refractivity contribution is 0.215. The van der Waals surface area contributed by atoms with Crippen LogP contribution in [-0.4, -0.2) is 37.1 Å². The zero-order valence-corrected chi connectivity index (χ0v) is 9.58. The predicted octanol–water partition coefficient (Wildman–Crippen LogP) is 1.65. The molecule has 0 radical (unpaired) electrons. The number of nitrogens with one attached hydrogen (secondary N) is 2. The van der Waals surface area contributed by atoms with Crippen molar-refractivity contribution in [1.29, 1.82) is 0 Å². The van der Waals surface area contributed by atoms with E-state index in [1.807, 2.05) is 0 Å². The van der Waals surface area contributed by atoms with E-state index in [1.54, 1.807) is 23.1 Å². The SMILES string of the molecule is O=C(Nc1ccccc1F)N1CCCNCC1. The third-order valence-electron chi connectivity index (χ3n) is 2.74. The van der Waals surface area contributed by atoms with Gasteiger partial charge in [-0.3, -0.25) is 0 Å². The van der Waals surface area contributed by atoms with Gasteiger partial charge < -0.3 is 15.5 Å². The van der Waals surface area contributed by atoms with E-state index in [4.69, 9.17) is 0 Å². The summed E-state index contributed by atoms with van der Waals surface area (Å²) in [6.07, 6.45) is 0.921. The molecule has 1 saturated heterocycles. The molecule has 5 heteroatoms. The molecule has 1 heterocycles. The molecule has 4 nitrogen and oxygen atoms in total. The van der Waals surface area contributed by atoms with Crippen molar-refractivity contribution in [3.63, 3.8) is 0 Å². The number of nitrogens with zero attached hydrogens (tertiary/aromatic N) is 1. The molecule has 0 bridgehead atoms. The van der Waals surface area contributed by atoms with Gasteiger partial charge in [-0.05, 0) is 25.1 Å². The van der Waals surface area contributed by atoms with Gasteiger partial charge in [0.25, 0.3) is 0 Å². The highest BCUT2D eigenvalue weighted by atomic mass is 19.1. The van der Waals surface area contributed by atoms with Gasteiger partial charge in [-0.25, -0.2) is 9.18 Å². The first-order valence-corrected chi connectivity index (χ1v) is 5.78. The fraction of sp³-hybridized carbons (Fsp3) is 0.417. The number of urea groups is 1. The summed E-state index contributed by atoms with van der Waals surface area (Å²) in [6, 6.07) is 5.95. The first-order valence-electron chi connectivity index (χ1n) is 5.78. The normalized spacial score (nSPS) is 16.4. The van der Waals surface area contributed by atoms with Gasteiger partial charge in [-0.1, -0.05) is 12.1 Å². The molecular formula is C12H16FN3O. The van der Waals surface area contributed by atoms with Crippen LogP contribution in [0.1, 0.15) is 6.42 Å². The van der Waals surface area contributed by atoms with E-state index in [9.17, 15) is 9.18 Å². The summed E-state index contributed by atoms with van der Waals surface area (Å²) in [5.41, 5.74) is 0.231. The molecular weight excluding hydrogens is 221 g/mol. The van der Waals surface area contributed by atoms with Gasteiger partial charge in [0, 0.05) is 19.6 Å². The van der Waals surface area contributed by atoms with Crippen LogP contribution < -0.4 is 10.6 Å². The predicted molar refractivity (Wildman–Crippen MR) is 64.5 cm³/mol. The highest BCUT2D eigenvalue weighted by Crippen LogP contribution is 2.13. The number of anilines is 1. The molecule has 2 amide bonds. The maximum atomic E-state index is 13.4. The summed E-state index contributed by atoms with van der Waals surface area (Å²) in [5, 5.41) is 5.80. The maximum Gasteiger partial charge on any atom is 0.321 e. The van der Waals surface area contributed by atoms with Crippen LogP contribution in [0.4, 0.5) is 14.9 Å². The largest absolute Gasteiger partial charge is 0.323 e. The Labute approximate surface area is 99.8 Å². The van der Waals surface area contributed by atoms with Gasteiger partial charge in [0.2, 0.25) is 0 Å². The van der Waals surface area contributed by atoms with Crippen LogP contribution in [0.15, 0.2) is 24.3 Å². The minimum Gasteiger partial charge on any atom is -0.323 e. The third-order valence-corrected chi connectivity index (χ3v) is 2.74. The quantitative estimate of drug-likeness (QED) is 0.780. The van der Waals surface area contributed by atoms with Crippen LogP contribution in [0.5, 0.6) is 0 Å². The molecule has 92 valence electrons. The molecule has 2 rings (SSSR count). The van der Waals surface area contributed by atoms with E-state index < -0.39 is 5.82 Å². The molecule has 1 fully saturated rings. The van der Waals surface area contributed by atoms with Crippen molar-refractivity contribution in [1.82, 2.24) is 10.2 Å². The van der Waals surface area contributed by atoms with Crippen molar-refractivity contribution in [2.75, 3.05) is 31.5 Å². The standard InChI is InChI=1S/C12H16FN3O/c13-10-4-1-2-5-11(10)15-12(17)16-8-3-6-14-7-9-16/h1-2,4-5,14H,3,6-9H2,(H,15,17). The monoisotopic (exact) mass is 237 g/mol. The molecule has 17 heavy (non-hydrogen) atoms. The number of benzene rings is 1. The van der Waals surface area contributed by atoms with Crippen molar-refractivity contribution in [2.24, 2.45) is 0 Å². The molecule has 1 aromatic carbocycles. The molecule has 2 N–H and O–H groups in total. The third kappa shape index (κ3) is 3.17. The fourth-order valence-electron chi connectivity index (χ4n) is 1.81. The molecule has 0 aliphatic carbocycles. The van der Waals surface area contributed by atoms with Gasteiger partial charge in [0.1, 0.15) is 5.82 Å². The van der Waals surface area contributed by atoms with Gasteiger partial charge in [0.05, 0.1) is 5.69 Å². The van der Waals surface area contributed by atoms with Crippen molar-refractivity contribution in [2.45, 2.75) is 6.42 Å². The molecule has 1 aliphatic rings. The fourth-order valence-corrected chi connectivity index (χ4v) is 1.81. The Morgan fingerprint density at radius 2 is 2.12 bits per heavy atom. The number of hydrogen-bond acceptors (Lipinski definition) is 2. The van der Waals surface area contributed by atoms with E-state index in [1.165, 1.54) is 6.07 Å². The Morgan fingerprint density at radius 3 is 2.94 bits per heavy atom. The van der Waals surface area contributed by atoms with E-state index >= 15 is 0 Å². The van der Waals surface area contributed by atoms with Crippen LogP contribution in [0, 0.1) is 5.82 Å². The first kappa shape index (κ1) is 11.9. The summed E-state index contributed by atoms with van der Waals surface area (Å²) in [4.78, 5) is 13.6. The summed E-state index contributed by atoms with van der Waals surface area (Å²) < 4.78 is 13.4. The number of para-hydroxylation sites is 1. The number of carbonyl (C=O) groups excluding carboxylic acids is 1. The Bertz CT molecular complexity index is 389. The van der Waals surface area contributed by atoms with E-state index in [2.05, 4.69) is 10.6 Å². The minimum atomic E-state index is -0.409. The Balaban J connectivity index is 1.98. The molecule has 0 unspecified atom stereocenters. The highest BCUT2D eigenvalue weighted by molar-refractivity contribution is 5.89. The van der Waals surface area contributed by atoms with Crippen LogP contribution in [0.25, 0.3) is 0 Å². The average molecular weight is 237 g/mol. The topological polar surface area (TPSA) is 44.4 Å². The first-order chi connectivity index (χ1) is 8.27. The molecule has 1 aliphatic heterocycles. The van der Waals surface area contributed by atoms with E-state index in [0.717, 1.165) is 19.5 Å². The number of halogens is 1. The smallest absolute Gasteiger partial charge is 0.321 e. The Hall–Kier alpha value is -1.62. The molecule has 0 atom stereocenters. The lowest BCUT2D eigenvalue weighted by Gasteiger charge is -2.20. The summed E-state index contributed by atoms with van der Waals surface area (Å²) in [6.45, 7) is 3.06. The van der Waals surface area contributed by atoms with Crippen molar-refractivity contribution in [3.05, 3.63) is 30.1 Å². The molecule has 0 spiro atoms. The van der Waals surface area contributed by atoms with Crippen LogP contribution in [-0.2, 0) is 0 Å². The summed E-state index contributed by atoms with van der Waals surface area (Å²) in [5.74, 6) is -0.409. The highest BCUT2D eigenvalue weighted by Gasteiger charge is 2.16. The zero-order valence-electron chi connectivity index (χ0n) is 9.58. The van der Waals surface area contributed by atoms with Crippen molar-refractivity contribution >= 4 is 11.7 Å². The number of rotatable bonds is 1. The maximum absolute atomic E-state index is 13.4. The molecule has 0 saturated carbocycles. The second kappa shape index (κ2) is 5.63. The zero-order chi connectivity index (χ0) is 12.1. The number of carbonyl (C=O) groups is 1. The van der Waals surface area contributed by atoms with E-state index in [0.29, 0.717) is 13.1 Å². The Kier molecular flexibility index (Phi) is 3.93. The average Bonchev–Trinajstić information content (AvgIpc) is 2.61. The second-order valence-corrected chi connectivity index (χ2v) is 4.00. The minimum absolute atomic E-state index is 0.231. The van der Waals surface area contributed by atoms with Crippen molar-refractivity contribution < 1.29 is 9.18 Å². The molecule has 0 aromatic heterocycles. The van der Waals surface area contributed by atoms with Crippen molar-refractivity contribution in [3.8, 4) is 0 Å². The van der Waals surface area contributed by atoms with Gasteiger partial charge in [-0.15, -0.1) is 0 Å². The van der Waals surface area contributed by atoms with Gasteiger partial charge >= 0.3 is 6.03 Å². The summed E-state index contributed by atoms with van der Waals surface area (Å²) >= 11 is 0. The lowest BCUT2D eigenvalue weighted by Crippen LogP contribution is -2.37. The van der Waals surface area contributed by atoms with Gasteiger partial charge in [0.15, 0.2) is 0 Å². The van der Waals surface area contributed by atoms with Crippen LogP contribution >= 0.6 is 0 Å². The number of hydrogen-bond donors (Lipinski definition) is 2. The Morgan fingerprint density at radius 1 is 1.29 bits per heavy atom. The summed E-state index contributed by atoms with van der Waals surface area (Å²) in [7, 11) is 0. The second-order valence-electron chi connectivity index (χ2n) is 4.00. The van der Waals surface area contributed by atoms with Gasteiger partial charge in [-0.2, -0.15) is 0 Å². The van der Waals surface area contributed by atoms with E-state index in [-0.39, 0.29) is 11.7 Å². The number of amides is 2. The molecule has 1 aromatic rings. The lowest BCUT2D eigenvalue weighted by atomic mass is 10.3.